The molecule has 1 N–H and O–H groups in total. The molecule has 0 saturated heterocycles. The molecular formula is C9H6N2O3. The van der Waals surface area contributed by atoms with Gasteiger partial charge < -0.3 is 9.52 Å². The van der Waals surface area contributed by atoms with Crippen molar-refractivity contribution in [2.75, 3.05) is 0 Å². The maximum absolute atomic E-state index is 10.6. The number of aromatic nitrogens is 2. The number of oxazole rings is 1. The topological polar surface area (TPSA) is 76.2 Å². The van der Waals surface area contributed by atoms with Crippen LogP contribution in [0.25, 0.3) is 11.5 Å². The number of hydrogen-bond donors (Lipinski definition) is 1. The van der Waals surface area contributed by atoms with Gasteiger partial charge in [0.2, 0.25) is 0 Å². The zero-order valence-electron chi connectivity index (χ0n) is 7.04. The van der Waals surface area contributed by atoms with Gasteiger partial charge in [0.15, 0.2) is 12.2 Å². The molecule has 14 heavy (non-hydrogen) atoms. The summed E-state index contributed by atoms with van der Waals surface area (Å²) in [6.45, 7) is 0. The molecule has 0 radical (unpaired) electrons. The molecule has 0 aromatic carbocycles. The van der Waals surface area contributed by atoms with Crippen LogP contribution in [0.2, 0.25) is 0 Å². The second kappa shape index (κ2) is 3.29. The Morgan fingerprint density at radius 3 is 2.93 bits per heavy atom. The molecule has 0 aliphatic rings. The lowest BCUT2D eigenvalue weighted by molar-refractivity contribution is 0.0690. The number of pyridine rings is 1. The van der Waals surface area contributed by atoms with Gasteiger partial charge >= 0.3 is 5.97 Å². The van der Waals surface area contributed by atoms with Crippen LogP contribution < -0.4 is 0 Å². The summed E-state index contributed by atoms with van der Waals surface area (Å²) in [6, 6.07) is 4.68. The average Bonchev–Trinajstić information content (AvgIpc) is 2.71. The Hall–Kier alpha value is -2.17. The molecule has 2 heterocycles. The highest BCUT2D eigenvalue weighted by atomic mass is 16.4. The van der Waals surface area contributed by atoms with E-state index in [2.05, 4.69) is 9.97 Å². The van der Waals surface area contributed by atoms with Gasteiger partial charge in [-0.05, 0) is 12.1 Å². The van der Waals surface area contributed by atoms with Gasteiger partial charge in [0, 0.05) is 0 Å². The molecule has 2 rings (SSSR count). The number of aromatic carboxylic acids is 1. The molecule has 5 heteroatoms. The smallest absolute Gasteiger partial charge is 0.354 e. The normalized spacial score (nSPS) is 10.0. The van der Waals surface area contributed by atoms with Crippen LogP contribution in [0, 0.1) is 0 Å². The van der Waals surface area contributed by atoms with Crippen LogP contribution in [0.1, 0.15) is 10.5 Å². The summed E-state index contributed by atoms with van der Waals surface area (Å²) in [5.41, 5.74) is 0.446. The third-order valence-electron chi connectivity index (χ3n) is 1.65. The molecule has 2 aromatic heterocycles. The predicted octanol–water partition coefficient (Wildman–Crippen LogP) is 1.43. The van der Waals surface area contributed by atoms with Crippen molar-refractivity contribution in [2.24, 2.45) is 0 Å². The van der Waals surface area contributed by atoms with Crippen molar-refractivity contribution >= 4 is 5.97 Å². The molecule has 70 valence electrons. The van der Waals surface area contributed by atoms with Gasteiger partial charge in [0.1, 0.15) is 11.4 Å². The molecule has 0 atom stereocenters. The lowest BCUT2D eigenvalue weighted by Crippen LogP contribution is -2.00. The number of rotatable bonds is 2. The summed E-state index contributed by atoms with van der Waals surface area (Å²) in [5, 5.41) is 8.70. The van der Waals surface area contributed by atoms with E-state index in [1.54, 1.807) is 12.1 Å². The van der Waals surface area contributed by atoms with E-state index < -0.39 is 5.97 Å². The molecule has 0 amide bonds. The summed E-state index contributed by atoms with van der Waals surface area (Å²) < 4.78 is 4.99. The van der Waals surface area contributed by atoms with Crippen molar-refractivity contribution in [1.29, 1.82) is 0 Å². The van der Waals surface area contributed by atoms with Crippen molar-refractivity contribution in [3.8, 4) is 11.5 Å². The Morgan fingerprint density at radius 1 is 1.43 bits per heavy atom. The fourth-order valence-corrected chi connectivity index (χ4v) is 1.03. The highest BCUT2D eigenvalue weighted by molar-refractivity contribution is 5.85. The number of hydrogen-bond acceptors (Lipinski definition) is 4. The third-order valence-corrected chi connectivity index (χ3v) is 1.65. The van der Waals surface area contributed by atoms with Gasteiger partial charge in [-0.2, -0.15) is 0 Å². The summed E-state index contributed by atoms with van der Waals surface area (Å²) in [4.78, 5) is 18.2. The summed E-state index contributed by atoms with van der Waals surface area (Å²) in [7, 11) is 0. The van der Waals surface area contributed by atoms with Crippen molar-refractivity contribution in [2.45, 2.75) is 0 Å². The SMILES string of the molecule is O=C(O)c1cccc(-c2cnco2)n1. The van der Waals surface area contributed by atoms with Gasteiger partial charge in [-0.25, -0.2) is 14.8 Å². The number of carboxylic acid groups (broad SMARTS) is 1. The highest BCUT2D eigenvalue weighted by Crippen LogP contribution is 2.15. The van der Waals surface area contributed by atoms with Crippen LogP contribution in [-0.4, -0.2) is 21.0 Å². The Balaban J connectivity index is 2.46. The fraction of sp³-hybridized carbons (Fsp3) is 0. The van der Waals surface area contributed by atoms with Gasteiger partial charge in [0.25, 0.3) is 0 Å². The van der Waals surface area contributed by atoms with Crippen molar-refractivity contribution in [1.82, 2.24) is 9.97 Å². The Kier molecular flexibility index (Phi) is 1.98. The van der Waals surface area contributed by atoms with Gasteiger partial charge in [-0.3, -0.25) is 0 Å². The zero-order valence-corrected chi connectivity index (χ0v) is 7.04. The Bertz CT molecular complexity index is 451. The van der Waals surface area contributed by atoms with Crippen molar-refractivity contribution in [3.05, 3.63) is 36.5 Å². The molecule has 0 saturated carbocycles. The minimum Gasteiger partial charge on any atom is -0.477 e. The molecule has 0 bridgehead atoms. The first kappa shape index (κ1) is 8.43. The molecule has 2 aromatic rings. The predicted molar refractivity (Wildman–Crippen MR) is 46.7 cm³/mol. The fourth-order valence-electron chi connectivity index (χ4n) is 1.03. The molecule has 0 unspecified atom stereocenters. The van der Waals surface area contributed by atoms with E-state index in [1.807, 2.05) is 0 Å². The van der Waals surface area contributed by atoms with E-state index in [0.717, 1.165) is 0 Å². The largest absolute Gasteiger partial charge is 0.477 e. The van der Waals surface area contributed by atoms with E-state index >= 15 is 0 Å². The monoisotopic (exact) mass is 190 g/mol. The summed E-state index contributed by atoms with van der Waals surface area (Å²) in [6.07, 6.45) is 2.75. The van der Waals surface area contributed by atoms with Crippen LogP contribution in [0.4, 0.5) is 0 Å². The Labute approximate surface area is 79.0 Å². The first-order valence-corrected chi connectivity index (χ1v) is 3.86. The van der Waals surface area contributed by atoms with Crippen LogP contribution in [0.5, 0.6) is 0 Å². The zero-order chi connectivity index (χ0) is 9.97. The van der Waals surface area contributed by atoms with Crippen LogP contribution in [-0.2, 0) is 0 Å². The lowest BCUT2D eigenvalue weighted by Gasteiger charge is -1.96. The van der Waals surface area contributed by atoms with E-state index in [0.29, 0.717) is 11.5 Å². The molecule has 0 spiro atoms. The first-order chi connectivity index (χ1) is 6.77. The number of carboxylic acids is 1. The second-order valence-corrected chi connectivity index (χ2v) is 2.58. The van der Waals surface area contributed by atoms with Gasteiger partial charge in [0.05, 0.1) is 6.20 Å². The summed E-state index contributed by atoms with van der Waals surface area (Å²) in [5.74, 6) is -0.612. The first-order valence-electron chi connectivity index (χ1n) is 3.86. The van der Waals surface area contributed by atoms with E-state index in [9.17, 15) is 4.79 Å². The number of carbonyl (C=O) groups is 1. The second-order valence-electron chi connectivity index (χ2n) is 2.58. The van der Waals surface area contributed by atoms with Gasteiger partial charge in [-0.1, -0.05) is 6.07 Å². The number of nitrogens with zero attached hydrogens (tertiary/aromatic N) is 2. The highest BCUT2D eigenvalue weighted by Gasteiger charge is 2.07. The third kappa shape index (κ3) is 1.47. The molecule has 0 aliphatic heterocycles. The van der Waals surface area contributed by atoms with Crippen molar-refractivity contribution in [3.63, 3.8) is 0 Å². The summed E-state index contributed by atoms with van der Waals surface area (Å²) >= 11 is 0. The van der Waals surface area contributed by atoms with Crippen LogP contribution in [0.3, 0.4) is 0 Å². The van der Waals surface area contributed by atoms with Crippen molar-refractivity contribution < 1.29 is 14.3 Å². The quantitative estimate of drug-likeness (QED) is 0.775. The molecule has 5 nitrogen and oxygen atoms in total. The Morgan fingerprint density at radius 2 is 2.29 bits per heavy atom. The van der Waals surface area contributed by atoms with Gasteiger partial charge in [-0.15, -0.1) is 0 Å². The van der Waals surface area contributed by atoms with E-state index in [1.165, 1.54) is 18.7 Å². The minimum absolute atomic E-state index is 0.0149. The van der Waals surface area contributed by atoms with Crippen LogP contribution >= 0.6 is 0 Å². The lowest BCUT2D eigenvalue weighted by atomic mass is 10.2. The standard InChI is InChI=1S/C9H6N2O3/c12-9(13)7-3-1-2-6(11-7)8-4-10-5-14-8/h1-5H,(H,12,13). The molecular weight excluding hydrogens is 184 g/mol. The van der Waals surface area contributed by atoms with E-state index in [-0.39, 0.29) is 5.69 Å². The molecule has 0 fully saturated rings. The van der Waals surface area contributed by atoms with E-state index in [4.69, 9.17) is 9.52 Å². The maximum Gasteiger partial charge on any atom is 0.354 e. The van der Waals surface area contributed by atoms with Crippen LogP contribution in [0.15, 0.2) is 35.2 Å². The minimum atomic E-state index is -1.06. The average molecular weight is 190 g/mol. The molecule has 0 aliphatic carbocycles. The maximum atomic E-state index is 10.6.